The molecule has 0 spiro atoms. The molecule has 0 bridgehead atoms. The van der Waals surface area contributed by atoms with E-state index in [-0.39, 0.29) is 29.7 Å². The molecule has 3 rings (SSSR count). The highest BCUT2D eigenvalue weighted by Crippen LogP contribution is 2.31. The number of hydrazine groups is 1. The van der Waals surface area contributed by atoms with E-state index < -0.39 is 0 Å². The lowest BCUT2D eigenvalue weighted by molar-refractivity contribution is -0.129. The Morgan fingerprint density at radius 1 is 1.28 bits per heavy atom. The number of anilines is 1. The molecule has 0 aliphatic carbocycles. The third-order valence-corrected chi connectivity index (χ3v) is 5.08. The zero-order valence-electron chi connectivity index (χ0n) is 15.2. The molecule has 3 atom stereocenters. The Morgan fingerprint density at radius 3 is 2.64 bits per heavy atom. The predicted octanol–water partition coefficient (Wildman–Crippen LogP) is 1.25. The fourth-order valence-corrected chi connectivity index (χ4v) is 3.65. The summed E-state index contributed by atoms with van der Waals surface area (Å²) in [5, 5.41) is 4.67. The molecule has 2 N–H and O–H groups in total. The van der Waals surface area contributed by atoms with Gasteiger partial charge < -0.3 is 10.2 Å². The number of hydrogen-bond donors (Lipinski definition) is 2. The lowest BCUT2D eigenvalue weighted by Crippen LogP contribution is -2.57. The van der Waals surface area contributed by atoms with Crippen LogP contribution < -0.4 is 15.8 Å². The number of carbonyl (C=O) groups excluding carboxylic acids is 2. The molecule has 1 aromatic carbocycles. The molecule has 2 heterocycles. The van der Waals surface area contributed by atoms with Gasteiger partial charge in [-0.05, 0) is 24.6 Å². The van der Waals surface area contributed by atoms with Crippen molar-refractivity contribution >= 4 is 17.5 Å². The largest absolute Gasteiger partial charge is 0.356 e. The number of nitrogens with one attached hydrogen (secondary N) is 2. The standard InChI is InChI=1S/C19H28N4O2/c1-4-22-11-15(18(24)20-10-13(2)3)17-16(12-22)19(25)23(21-17)14-8-6-5-7-9-14/h5-9,13,15-17,21H,4,10-12H2,1-3H3,(H,20,24). The van der Waals surface area contributed by atoms with Crippen molar-refractivity contribution in [1.82, 2.24) is 15.6 Å². The van der Waals surface area contributed by atoms with Crippen LogP contribution >= 0.6 is 0 Å². The molecule has 2 fully saturated rings. The molecule has 6 nitrogen and oxygen atoms in total. The summed E-state index contributed by atoms with van der Waals surface area (Å²) in [6.45, 7) is 9.12. The Hall–Kier alpha value is -1.92. The minimum atomic E-state index is -0.227. The van der Waals surface area contributed by atoms with Gasteiger partial charge >= 0.3 is 0 Å². The smallest absolute Gasteiger partial charge is 0.247 e. The maximum Gasteiger partial charge on any atom is 0.247 e. The van der Waals surface area contributed by atoms with Crippen molar-refractivity contribution in [2.24, 2.45) is 17.8 Å². The zero-order chi connectivity index (χ0) is 18.0. The summed E-state index contributed by atoms with van der Waals surface area (Å²) in [5.74, 6) is 0.0801. The normalized spacial score (nSPS) is 26.8. The van der Waals surface area contributed by atoms with E-state index in [1.165, 1.54) is 0 Å². The number of para-hydroxylation sites is 1. The van der Waals surface area contributed by atoms with E-state index in [1.807, 2.05) is 30.3 Å². The van der Waals surface area contributed by atoms with Gasteiger partial charge in [0.05, 0.1) is 23.6 Å². The van der Waals surface area contributed by atoms with Gasteiger partial charge in [-0.15, -0.1) is 0 Å². The lowest BCUT2D eigenvalue weighted by atomic mass is 9.84. The van der Waals surface area contributed by atoms with E-state index in [2.05, 4.69) is 36.4 Å². The SMILES string of the molecule is CCN1CC(C(=O)NCC(C)C)C2NN(c3ccccc3)C(=O)C2C1. The predicted molar refractivity (Wildman–Crippen MR) is 97.8 cm³/mol. The summed E-state index contributed by atoms with van der Waals surface area (Å²) >= 11 is 0. The van der Waals surface area contributed by atoms with Crippen molar-refractivity contribution in [3.8, 4) is 0 Å². The van der Waals surface area contributed by atoms with Crippen LogP contribution in [0, 0.1) is 17.8 Å². The minimum Gasteiger partial charge on any atom is -0.356 e. The molecule has 0 radical (unpaired) electrons. The average molecular weight is 344 g/mol. The summed E-state index contributed by atoms with van der Waals surface area (Å²) in [5.41, 5.74) is 4.14. The van der Waals surface area contributed by atoms with Crippen molar-refractivity contribution < 1.29 is 9.59 Å². The van der Waals surface area contributed by atoms with Gasteiger partial charge in [0.25, 0.3) is 0 Å². The fraction of sp³-hybridized carbons (Fsp3) is 0.579. The third kappa shape index (κ3) is 3.70. The number of piperidine rings is 1. The van der Waals surface area contributed by atoms with Crippen molar-refractivity contribution in [2.75, 3.05) is 31.2 Å². The number of rotatable bonds is 5. The summed E-state index contributed by atoms with van der Waals surface area (Å²) in [6.07, 6.45) is 0. The Balaban J connectivity index is 1.80. The molecule has 6 heteroatoms. The van der Waals surface area contributed by atoms with Gasteiger partial charge in [0.2, 0.25) is 11.8 Å². The number of carbonyl (C=O) groups is 2. The van der Waals surface area contributed by atoms with E-state index in [1.54, 1.807) is 5.01 Å². The molecule has 2 aliphatic rings. The number of nitrogens with zero attached hydrogens (tertiary/aromatic N) is 2. The Bertz CT molecular complexity index is 619. The van der Waals surface area contributed by atoms with Gasteiger partial charge in [-0.1, -0.05) is 39.0 Å². The first-order valence-electron chi connectivity index (χ1n) is 9.16. The maximum atomic E-state index is 12.9. The molecule has 0 aromatic heterocycles. The Kier molecular flexibility index (Phi) is 5.39. The van der Waals surface area contributed by atoms with Gasteiger partial charge in [-0.3, -0.25) is 9.59 Å². The van der Waals surface area contributed by atoms with E-state index in [0.717, 1.165) is 12.2 Å². The monoisotopic (exact) mass is 344 g/mol. The van der Waals surface area contributed by atoms with Crippen LogP contribution in [0.5, 0.6) is 0 Å². The maximum absolute atomic E-state index is 12.9. The summed E-state index contributed by atoms with van der Waals surface area (Å²) in [4.78, 5) is 27.9. The first-order valence-corrected chi connectivity index (χ1v) is 9.16. The third-order valence-electron chi connectivity index (χ3n) is 5.08. The van der Waals surface area contributed by atoms with Gasteiger partial charge in [-0.25, -0.2) is 10.4 Å². The van der Waals surface area contributed by atoms with Crippen molar-refractivity contribution in [1.29, 1.82) is 0 Å². The number of hydrogen-bond acceptors (Lipinski definition) is 4. The second-order valence-corrected chi connectivity index (χ2v) is 7.37. The van der Waals surface area contributed by atoms with E-state index in [9.17, 15) is 9.59 Å². The molecule has 136 valence electrons. The van der Waals surface area contributed by atoms with Crippen LogP contribution in [-0.4, -0.2) is 48.9 Å². The first kappa shape index (κ1) is 17.9. The molecular formula is C19H28N4O2. The summed E-state index contributed by atoms with van der Waals surface area (Å²) in [7, 11) is 0. The molecule has 3 unspecified atom stereocenters. The van der Waals surface area contributed by atoms with Crippen molar-refractivity contribution in [3.63, 3.8) is 0 Å². The highest BCUT2D eigenvalue weighted by molar-refractivity contribution is 5.98. The lowest BCUT2D eigenvalue weighted by Gasteiger charge is -2.37. The topological polar surface area (TPSA) is 64.7 Å². The van der Waals surface area contributed by atoms with Crippen LogP contribution in [0.2, 0.25) is 0 Å². The van der Waals surface area contributed by atoms with E-state index in [4.69, 9.17) is 0 Å². The second kappa shape index (κ2) is 7.54. The van der Waals surface area contributed by atoms with Gasteiger partial charge in [0, 0.05) is 19.6 Å². The highest BCUT2D eigenvalue weighted by Gasteiger charge is 2.50. The molecule has 0 saturated carbocycles. The van der Waals surface area contributed by atoms with Gasteiger partial charge in [-0.2, -0.15) is 0 Å². The Morgan fingerprint density at radius 2 is 2.00 bits per heavy atom. The molecule has 2 aliphatic heterocycles. The van der Waals surface area contributed by atoms with Gasteiger partial charge in [0.15, 0.2) is 0 Å². The molecule has 2 amide bonds. The Labute approximate surface area is 149 Å². The van der Waals surface area contributed by atoms with Crippen LogP contribution in [-0.2, 0) is 9.59 Å². The first-order chi connectivity index (χ1) is 12.0. The fourth-order valence-electron chi connectivity index (χ4n) is 3.65. The molecule has 1 aromatic rings. The molecular weight excluding hydrogens is 316 g/mol. The highest BCUT2D eigenvalue weighted by atomic mass is 16.2. The number of fused-ring (bicyclic) bond motifs is 1. The van der Waals surface area contributed by atoms with Crippen LogP contribution in [0.3, 0.4) is 0 Å². The van der Waals surface area contributed by atoms with Crippen LogP contribution in [0.15, 0.2) is 30.3 Å². The number of likely N-dealkylation sites (tertiary alicyclic amines) is 1. The van der Waals surface area contributed by atoms with Crippen LogP contribution in [0.4, 0.5) is 5.69 Å². The molecule has 2 saturated heterocycles. The van der Waals surface area contributed by atoms with E-state index in [0.29, 0.717) is 25.6 Å². The quantitative estimate of drug-likeness (QED) is 0.844. The summed E-state index contributed by atoms with van der Waals surface area (Å²) < 4.78 is 0. The zero-order valence-corrected chi connectivity index (χ0v) is 15.2. The van der Waals surface area contributed by atoms with Crippen molar-refractivity contribution in [2.45, 2.75) is 26.8 Å². The minimum absolute atomic E-state index is 0.0389. The average Bonchev–Trinajstić information content (AvgIpc) is 2.96. The van der Waals surface area contributed by atoms with Crippen molar-refractivity contribution in [3.05, 3.63) is 30.3 Å². The van der Waals surface area contributed by atoms with Crippen LogP contribution in [0.25, 0.3) is 0 Å². The van der Waals surface area contributed by atoms with E-state index >= 15 is 0 Å². The van der Waals surface area contributed by atoms with Crippen LogP contribution in [0.1, 0.15) is 20.8 Å². The molecule has 25 heavy (non-hydrogen) atoms. The number of amides is 2. The summed E-state index contributed by atoms with van der Waals surface area (Å²) in [6, 6.07) is 9.43. The van der Waals surface area contributed by atoms with Gasteiger partial charge in [0.1, 0.15) is 0 Å². The second-order valence-electron chi connectivity index (χ2n) is 7.37. The number of benzene rings is 1.